The number of hydrogen-bond donors (Lipinski definition) is 2. The van der Waals surface area contributed by atoms with Crippen LogP contribution in [0.15, 0.2) is 16.9 Å². The highest BCUT2D eigenvalue weighted by Crippen LogP contribution is 2.53. The average Bonchev–Trinajstić information content (AvgIpc) is 3.48. The number of hydrogen-bond acceptors (Lipinski definition) is 7. The highest BCUT2D eigenvalue weighted by Gasteiger charge is 2.50. The van der Waals surface area contributed by atoms with Crippen LogP contribution in [-0.4, -0.2) is 54.9 Å². The predicted octanol–water partition coefficient (Wildman–Crippen LogP) is 4.06. The van der Waals surface area contributed by atoms with Crippen LogP contribution in [0.2, 0.25) is 0 Å². The van der Waals surface area contributed by atoms with Gasteiger partial charge in [0.15, 0.2) is 17.3 Å². The number of ether oxygens (including phenoxy) is 4. The highest BCUT2D eigenvalue weighted by atomic mass is 16.8. The van der Waals surface area contributed by atoms with Crippen molar-refractivity contribution in [3.05, 3.63) is 56.0 Å². The van der Waals surface area contributed by atoms with E-state index in [0.29, 0.717) is 53.0 Å². The third kappa shape index (κ3) is 5.08. The molecule has 9 nitrogen and oxygen atoms in total. The zero-order valence-electron chi connectivity index (χ0n) is 24.2. The Morgan fingerprint density at radius 3 is 2.28 bits per heavy atom. The first-order valence-corrected chi connectivity index (χ1v) is 13.9. The first kappa shape index (κ1) is 27.7. The number of aromatic nitrogens is 1. The molecule has 2 aromatic rings. The zero-order valence-corrected chi connectivity index (χ0v) is 24.2. The molecule has 0 radical (unpaired) electrons. The van der Waals surface area contributed by atoms with Gasteiger partial charge in [0.05, 0.1) is 18.8 Å². The molecule has 1 atom stereocenters. The van der Waals surface area contributed by atoms with Gasteiger partial charge in [-0.2, -0.15) is 0 Å². The largest absolute Gasteiger partial charge is 0.448 e. The molecule has 0 spiro atoms. The van der Waals surface area contributed by atoms with Crippen LogP contribution in [0, 0.1) is 26.7 Å². The molecule has 1 unspecified atom stereocenters. The van der Waals surface area contributed by atoms with Crippen molar-refractivity contribution < 1.29 is 23.7 Å². The summed E-state index contributed by atoms with van der Waals surface area (Å²) < 4.78 is 25.3. The van der Waals surface area contributed by atoms with E-state index in [0.717, 1.165) is 36.9 Å². The normalized spacial score (nSPS) is 25.7. The third-order valence-corrected chi connectivity index (χ3v) is 8.75. The number of carbonyl (C=O) groups is 1. The van der Waals surface area contributed by atoms with Crippen LogP contribution < -0.4 is 20.3 Å². The summed E-state index contributed by atoms with van der Waals surface area (Å²) in [6.45, 7) is 10.4. The molecule has 39 heavy (non-hydrogen) atoms. The van der Waals surface area contributed by atoms with Gasteiger partial charge in [0.1, 0.15) is 0 Å². The number of fused-ring (bicyclic) bond motifs is 1. The number of amides is 1. The topological polar surface area (TPSA) is 102 Å². The lowest BCUT2D eigenvalue weighted by molar-refractivity contribution is -0.155. The monoisotopic (exact) mass is 539 g/mol. The maximum absolute atomic E-state index is 13.6. The lowest BCUT2D eigenvalue weighted by Gasteiger charge is -2.39. The molecular weight excluding hydrogens is 498 g/mol. The summed E-state index contributed by atoms with van der Waals surface area (Å²) in [6, 6.07) is 4.25. The maximum Gasteiger partial charge on any atom is 0.253 e. The van der Waals surface area contributed by atoms with E-state index in [1.807, 2.05) is 40.7 Å². The molecule has 3 heterocycles. The van der Waals surface area contributed by atoms with Crippen molar-refractivity contribution in [1.29, 1.82) is 0 Å². The van der Waals surface area contributed by atoms with Crippen LogP contribution in [0.5, 0.6) is 11.5 Å². The minimum Gasteiger partial charge on any atom is -0.448 e. The van der Waals surface area contributed by atoms with Crippen molar-refractivity contribution in [3.63, 3.8) is 0 Å². The lowest BCUT2D eigenvalue weighted by atomic mass is 9.81. The Morgan fingerprint density at radius 1 is 1.03 bits per heavy atom. The van der Waals surface area contributed by atoms with Gasteiger partial charge in [-0.3, -0.25) is 9.59 Å². The Kier molecular flexibility index (Phi) is 7.28. The fourth-order valence-corrected chi connectivity index (χ4v) is 6.28. The van der Waals surface area contributed by atoms with Crippen LogP contribution in [-0.2, 0) is 21.8 Å². The lowest BCUT2D eigenvalue weighted by Crippen LogP contribution is -2.46. The molecule has 3 aliphatic rings. The van der Waals surface area contributed by atoms with Gasteiger partial charge in [-0.1, -0.05) is 0 Å². The standard InChI is InChI=1S/C30H41N3O6/c1-17-14-18(2)32-28(35)23(17)16-31-27(34)22-15-24(30(5)36-12-13-37-30)26-25(19(22)3)38-29(4,39-26)20-8-10-21(11-9-20)33(6)7/h14-15,20-21H,8-13,16H2,1-7H3,(H,31,34)(H,32,35). The SMILES string of the molecule is Cc1cc(C)c(CNC(=O)c2cc(C3(C)OCCO3)c3c(c2C)OC(C)(C2CCC(N(C)C)CC2)O3)c(=O)[nH]1. The highest BCUT2D eigenvalue weighted by molar-refractivity contribution is 5.97. The summed E-state index contributed by atoms with van der Waals surface area (Å²) >= 11 is 0. The molecule has 2 aliphatic heterocycles. The summed E-state index contributed by atoms with van der Waals surface area (Å²) in [5.41, 5.74) is 3.72. The van der Waals surface area contributed by atoms with Gasteiger partial charge in [0.2, 0.25) is 0 Å². The van der Waals surface area contributed by atoms with Gasteiger partial charge < -0.3 is 34.1 Å². The minimum atomic E-state index is -1.06. The molecule has 1 saturated heterocycles. The molecule has 212 valence electrons. The van der Waals surface area contributed by atoms with Gasteiger partial charge in [0.25, 0.3) is 17.3 Å². The Bertz CT molecular complexity index is 1320. The molecule has 9 heteroatoms. The minimum absolute atomic E-state index is 0.112. The van der Waals surface area contributed by atoms with Crippen molar-refractivity contribution in [2.75, 3.05) is 27.3 Å². The molecule has 1 aromatic heterocycles. The van der Waals surface area contributed by atoms with Gasteiger partial charge in [-0.05, 0) is 85.2 Å². The molecule has 1 aromatic carbocycles. The number of nitrogens with one attached hydrogen (secondary N) is 2. The van der Waals surface area contributed by atoms with Crippen LogP contribution in [0.4, 0.5) is 0 Å². The number of aryl methyl sites for hydroxylation is 2. The first-order chi connectivity index (χ1) is 18.4. The molecule has 2 N–H and O–H groups in total. The number of benzene rings is 1. The van der Waals surface area contributed by atoms with Gasteiger partial charge in [-0.15, -0.1) is 0 Å². The van der Waals surface area contributed by atoms with E-state index in [-0.39, 0.29) is 23.9 Å². The zero-order chi connectivity index (χ0) is 28.1. The smallest absolute Gasteiger partial charge is 0.253 e. The second-order valence-corrected chi connectivity index (χ2v) is 11.7. The van der Waals surface area contributed by atoms with Gasteiger partial charge in [-0.25, -0.2) is 0 Å². The van der Waals surface area contributed by atoms with Crippen molar-refractivity contribution in [3.8, 4) is 11.5 Å². The molecular formula is C30H41N3O6. The second kappa shape index (κ2) is 10.3. The summed E-state index contributed by atoms with van der Waals surface area (Å²) in [5, 5.41) is 2.94. The molecule has 5 rings (SSSR count). The molecule has 1 saturated carbocycles. The van der Waals surface area contributed by atoms with E-state index in [1.54, 1.807) is 6.07 Å². The summed E-state index contributed by atoms with van der Waals surface area (Å²) in [4.78, 5) is 31.2. The van der Waals surface area contributed by atoms with Crippen LogP contribution in [0.3, 0.4) is 0 Å². The summed E-state index contributed by atoms with van der Waals surface area (Å²) in [7, 11) is 4.26. The van der Waals surface area contributed by atoms with Crippen LogP contribution in [0.25, 0.3) is 0 Å². The third-order valence-electron chi connectivity index (χ3n) is 8.75. The Hall–Kier alpha value is -2.88. The number of rotatable bonds is 6. The van der Waals surface area contributed by atoms with E-state index in [4.69, 9.17) is 18.9 Å². The molecule has 1 aliphatic carbocycles. The number of nitrogens with zero attached hydrogens (tertiary/aromatic N) is 1. The predicted molar refractivity (Wildman–Crippen MR) is 147 cm³/mol. The fourth-order valence-electron chi connectivity index (χ4n) is 6.28. The number of H-pyrrole nitrogens is 1. The molecule has 0 bridgehead atoms. The van der Waals surface area contributed by atoms with E-state index >= 15 is 0 Å². The summed E-state index contributed by atoms with van der Waals surface area (Å²) in [6.07, 6.45) is 4.14. The maximum atomic E-state index is 13.6. The second-order valence-electron chi connectivity index (χ2n) is 11.7. The fraction of sp³-hybridized carbons (Fsp3) is 0.600. The average molecular weight is 540 g/mol. The molecule has 2 fully saturated rings. The van der Waals surface area contributed by atoms with Crippen molar-refractivity contribution in [2.24, 2.45) is 5.92 Å². The van der Waals surface area contributed by atoms with E-state index in [2.05, 4.69) is 29.3 Å². The Labute approximate surface area is 230 Å². The summed E-state index contributed by atoms with van der Waals surface area (Å²) in [5.74, 6) is -0.873. The Balaban J connectivity index is 1.46. The molecule has 1 amide bonds. The quantitative estimate of drug-likeness (QED) is 0.571. The Morgan fingerprint density at radius 2 is 1.67 bits per heavy atom. The van der Waals surface area contributed by atoms with Crippen molar-refractivity contribution in [1.82, 2.24) is 15.2 Å². The van der Waals surface area contributed by atoms with Crippen LogP contribution >= 0.6 is 0 Å². The van der Waals surface area contributed by atoms with Gasteiger partial charge in [0, 0.05) is 47.8 Å². The number of carbonyl (C=O) groups excluding carboxylic acids is 1. The van der Waals surface area contributed by atoms with Crippen molar-refractivity contribution in [2.45, 2.75) is 84.5 Å². The van der Waals surface area contributed by atoms with E-state index < -0.39 is 11.6 Å². The number of pyridine rings is 1. The van der Waals surface area contributed by atoms with Crippen molar-refractivity contribution >= 4 is 5.91 Å². The van der Waals surface area contributed by atoms with E-state index in [9.17, 15) is 9.59 Å². The van der Waals surface area contributed by atoms with E-state index in [1.165, 1.54) is 0 Å². The van der Waals surface area contributed by atoms with Crippen LogP contribution in [0.1, 0.15) is 77.8 Å². The van der Waals surface area contributed by atoms with Gasteiger partial charge >= 0.3 is 0 Å². The number of aromatic amines is 1. The first-order valence-electron chi connectivity index (χ1n) is 13.9.